The van der Waals surface area contributed by atoms with Crippen LogP contribution in [0.15, 0.2) is 18.2 Å². The first-order valence-corrected chi connectivity index (χ1v) is 6.93. The summed E-state index contributed by atoms with van der Waals surface area (Å²) in [5, 5.41) is 2.59. The van der Waals surface area contributed by atoms with Crippen LogP contribution in [0.2, 0.25) is 0 Å². The van der Waals surface area contributed by atoms with Gasteiger partial charge in [0.25, 0.3) is 5.91 Å². The summed E-state index contributed by atoms with van der Waals surface area (Å²) in [7, 11) is -3.45. The molecule has 1 heterocycles. The maximum Gasteiger partial charge on any atom is 0.262 e. The molecule has 1 aliphatic rings. The maximum absolute atomic E-state index is 11.5. The molecule has 0 atom stereocenters. The monoisotopic (exact) mass is 271 g/mol. The van der Waals surface area contributed by atoms with Crippen LogP contribution in [0, 0.1) is 0 Å². The number of ether oxygens (including phenoxy) is 1. The summed E-state index contributed by atoms with van der Waals surface area (Å²) in [4.78, 5) is 11.1. The summed E-state index contributed by atoms with van der Waals surface area (Å²) in [6.07, 6.45) is 0. The number of rotatable bonds is 4. The Labute approximate surface area is 104 Å². The second kappa shape index (κ2) is 4.83. The van der Waals surface area contributed by atoms with E-state index in [1.165, 1.54) is 6.07 Å². The number of amides is 1. The smallest absolute Gasteiger partial charge is 0.262 e. The number of anilines is 2. The lowest BCUT2D eigenvalue weighted by atomic mass is 10.2. The highest BCUT2D eigenvalue weighted by atomic mass is 32.2. The SMILES string of the molecule is NCCS(=O)(=O)Nc1ccc2c(c1)NC(=O)CO2. The van der Waals surface area contributed by atoms with E-state index in [9.17, 15) is 13.2 Å². The number of nitrogens with two attached hydrogens (primary N) is 1. The minimum atomic E-state index is -3.45. The van der Waals surface area contributed by atoms with Crippen LogP contribution < -0.4 is 20.5 Å². The average Bonchev–Trinajstić information content (AvgIpc) is 2.27. The van der Waals surface area contributed by atoms with Gasteiger partial charge in [0.2, 0.25) is 10.0 Å². The Hall–Kier alpha value is -1.80. The summed E-state index contributed by atoms with van der Waals surface area (Å²) >= 11 is 0. The molecule has 1 aromatic carbocycles. The van der Waals surface area contributed by atoms with Gasteiger partial charge in [0.15, 0.2) is 6.61 Å². The van der Waals surface area contributed by atoms with E-state index in [0.717, 1.165) is 0 Å². The second-order valence-corrected chi connectivity index (χ2v) is 5.60. The third-order valence-corrected chi connectivity index (χ3v) is 3.59. The molecule has 0 fully saturated rings. The lowest BCUT2D eigenvalue weighted by molar-refractivity contribution is -0.118. The van der Waals surface area contributed by atoms with Gasteiger partial charge >= 0.3 is 0 Å². The van der Waals surface area contributed by atoms with Gasteiger partial charge in [-0.05, 0) is 18.2 Å². The molecule has 2 rings (SSSR count). The quantitative estimate of drug-likeness (QED) is 0.697. The van der Waals surface area contributed by atoms with E-state index in [4.69, 9.17) is 10.5 Å². The van der Waals surface area contributed by atoms with Gasteiger partial charge in [-0.1, -0.05) is 0 Å². The maximum atomic E-state index is 11.5. The standard InChI is InChI=1S/C10H13N3O4S/c11-3-4-18(15,16)13-7-1-2-9-8(5-7)12-10(14)6-17-9/h1-2,5,13H,3-4,6,11H2,(H,12,14). The molecule has 18 heavy (non-hydrogen) atoms. The zero-order valence-corrected chi connectivity index (χ0v) is 10.3. The van der Waals surface area contributed by atoms with Crippen molar-refractivity contribution in [3.8, 4) is 5.75 Å². The van der Waals surface area contributed by atoms with E-state index >= 15 is 0 Å². The summed E-state index contributed by atoms with van der Waals surface area (Å²) in [6.45, 7) is 0.00533. The van der Waals surface area contributed by atoms with Gasteiger partial charge in [-0.3, -0.25) is 9.52 Å². The zero-order valence-electron chi connectivity index (χ0n) is 9.47. The topological polar surface area (TPSA) is 111 Å². The number of fused-ring (bicyclic) bond motifs is 1. The molecule has 0 aromatic heterocycles. The molecule has 0 saturated heterocycles. The fraction of sp³-hybridized carbons (Fsp3) is 0.300. The molecular weight excluding hydrogens is 258 g/mol. The number of benzene rings is 1. The van der Waals surface area contributed by atoms with Crippen LogP contribution in [0.4, 0.5) is 11.4 Å². The van der Waals surface area contributed by atoms with Crippen molar-refractivity contribution in [2.24, 2.45) is 5.73 Å². The van der Waals surface area contributed by atoms with Crippen LogP contribution >= 0.6 is 0 Å². The lowest BCUT2D eigenvalue weighted by Crippen LogP contribution is -2.26. The van der Waals surface area contributed by atoms with Crippen molar-refractivity contribution in [1.29, 1.82) is 0 Å². The van der Waals surface area contributed by atoms with Crippen molar-refractivity contribution in [2.75, 3.05) is 28.9 Å². The van der Waals surface area contributed by atoms with E-state index in [1.807, 2.05) is 0 Å². The van der Waals surface area contributed by atoms with E-state index in [1.54, 1.807) is 12.1 Å². The van der Waals surface area contributed by atoms with Crippen LogP contribution in [0.5, 0.6) is 5.75 Å². The van der Waals surface area contributed by atoms with Gasteiger partial charge in [0.05, 0.1) is 17.1 Å². The summed E-state index contributed by atoms with van der Waals surface area (Å²) in [5.74, 6) is 0.0771. The number of sulfonamides is 1. The molecule has 0 radical (unpaired) electrons. The number of nitrogens with one attached hydrogen (secondary N) is 2. The summed E-state index contributed by atoms with van der Waals surface area (Å²) in [5.41, 5.74) is 6.00. The minimum absolute atomic E-state index is 0.0365. The fourth-order valence-corrected chi connectivity index (χ4v) is 2.43. The largest absolute Gasteiger partial charge is 0.482 e. The van der Waals surface area contributed by atoms with Crippen molar-refractivity contribution >= 4 is 27.3 Å². The number of hydrogen-bond donors (Lipinski definition) is 3. The number of carbonyl (C=O) groups is 1. The van der Waals surface area contributed by atoms with Gasteiger partial charge in [-0.25, -0.2) is 8.42 Å². The molecule has 7 nitrogen and oxygen atoms in total. The normalized spacial score (nSPS) is 14.4. The van der Waals surface area contributed by atoms with E-state index in [0.29, 0.717) is 17.1 Å². The molecule has 8 heteroatoms. The molecule has 4 N–H and O–H groups in total. The minimum Gasteiger partial charge on any atom is -0.482 e. The molecule has 1 amide bonds. The van der Waals surface area contributed by atoms with Gasteiger partial charge < -0.3 is 15.8 Å². The highest BCUT2D eigenvalue weighted by molar-refractivity contribution is 7.92. The molecule has 1 aliphatic heterocycles. The van der Waals surface area contributed by atoms with Gasteiger partial charge in [0.1, 0.15) is 5.75 Å². The predicted molar refractivity (Wildman–Crippen MR) is 67.0 cm³/mol. The Balaban J connectivity index is 2.21. The second-order valence-electron chi connectivity index (χ2n) is 3.76. The highest BCUT2D eigenvalue weighted by Gasteiger charge is 2.17. The first kappa shape index (κ1) is 12.7. The third kappa shape index (κ3) is 2.90. The number of hydrogen-bond acceptors (Lipinski definition) is 5. The lowest BCUT2D eigenvalue weighted by Gasteiger charge is -2.18. The molecule has 0 unspecified atom stereocenters. The Morgan fingerprint density at radius 1 is 1.44 bits per heavy atom. The van der Waals surface area contributed by atoms with Crippen LogP contribution in [-0.4, -0.2) is 33.2 Å². The van der Waals surface area contributed by atoms with Gasteiger partial charge in [-0.15, -0.1) is 0 Å². The highest BCUT2D eigenvalue weighted by Crippen LogP contribution is 2.30. The van der Waals surface area contributed by atoms with Crippen molar-refractivity contribution in [2.45, 2.75) is 0 Å². The Morgan fingerprint density at radius 2 is 2.22 bits per heavy atom. The van der Waals surface area contributed by atoms with E-state index < -0.39 is 10.0 Å². The van der Waals surface area contributed by atoms with Crippen LogP contribution in [0.1, 0.15) is 0 Å². The fourth-order valence-electron chi connectivity index (χ4n) is 1.53. The molecule has 0 spiro atoms. The van der Waals surface area contributed by atoms with Crippen LogP contribution in [0.3, 0.4) is 0 Å². The molecule has 0 aliphatic carbocycles. The average molecular weight is 271 g/mol. The van der Waals surface area contributed by atoms with Gasteiger partial charge in [-0.2, -0.15) is 0 Å². The van der Waals surface area contributed by atoms with Crippen LogP contribution in [-0.2, 0) is 14.8 Å². The van der Waals surface area contributed by atoms with Crippen molar-refractivity contribution in [3.05, 3.63) is 18.2 Å². The van der Waals surface area contributed by atoms with E-state index in [-0.39, 0.29) is 24.8 Å². The van der Waals surface area contributed by atoms with Crippen molar-refractivity contribution < 1.29 is 17.9 Å². The first-order chi connectivity index (χ1) is 8.50. The summed E-state index contributed by atoms with van der Waals surface area (Å²) in [6, 6.07) is 4.65. The van der Waals surface area contributed by atoms with Crippen molar-refractivity contribution in [3.63, 3.8) is 0 Å². The number of carbonyl (C=O) groups excluding carboxylic acids is 1. The van der Waals surface area contributed by atoms with Gasteiger partial charge in [0, 0.05) is 6.54 Å². The molecular formula is C10H13N3O4S. The predicted octanol–water partition coefficient (Wildman–Crippen LogP) is -0.282. The molecule has 98 valence electrons. The Morgan fingerprint density at radius 3 is 2.94 bits per heavy atom. The summed E-state index contributed by atoms with van der Waals surface area (Å²) < 4.78 is 30.6. The zero-order chi connectivity index (χ0) is 13.2. The van der Waals surface area contributed by atoms with E-state index in [2.05, 4.69) is 10.0 Å². The Kier molecular flexibility index (Phi) is 3.39. The third-order valence-electron chi connectivity index (χ3n) is 2.27. The first-order valence-electron chi connectivity index (χ1n) is 5.27. The molecule has 0 saturated carbocycles. The van der Waals surface area contributed by atoms with Crippen molar-refractivity contribution in [1.82, 2.24) is 0 Å². The molecule has 0 bridgehead atoms. The van der Waals surface area contributed by atoms with Crippen LogP contribution in [0.25, 0.3) is 0 Å². The molecule has 1 aromatic rings. The Bertz CT molecular complexity index is 570.